The molecule has 7 heavy (non-hydrogen) atoms. The topological polar surface area (TPSA) is 26.0 Å². The monoisotopic (exact) mass is 119 g/mol. The molecule has 1 nitrogen and oxygen atoms in total. The van der Waals surface area contributed by atoms with Gasteiger partial charge in [0.05, 0.1) is 0 Å². The first-order chi connectivity index (χ1) is 3.30. The second-order valence-corrected chi connectivity index (χ2v) is 2.67. The molecule has 1 aliphatic carbocycles. The summed E-state index contributed by atoms with van der Waals surface area (Å²) >= 11 is 5.74. The number of alkyl halides is 1. The largest absolute Gasteiger partial charge is 0.326 e. The summed E-state index contributed by atoms with van der Waals surface area (Å²) in [6.45, 7) is 0. The van der Waals surface area contributed by atoms with Crippen molar-refractivity contribution < 1.29 is 0 Å². The van der Waals surface area contributed by atoms with Gasteiger partial charge in [-0.2, -0.15) is 0 Å². The standard InChI is InChI=1S/C5H10ClN/c6-4-2-1-3-5(4)7/h4-5H,1-3,7H2/t4-,5+/m0/s1. The Bertz CT molecular complexity index is 57.1. The predicted molar refractivity (Wildman–Crippen MR) is 31.5 cm³/mol. The second-order valence-electron chi connectivity index (χ2n) is 2.11. The van der Waals surface area contributed by atoms with E-state index in [9.17, 15) is 0 Å². The third kappa shape index (κ3) is 1.07. The molecule has 1 aliphatic rings. The van der Waals surface area contributed by atoms with E-state index in [0.29, 0.717) is 0 Å². The van der Waals surface area contributed by atoms with Crippen LogP contribution < -0.4 is 5.73 Å². The summed E-state index contributed by atoms with van der Waals surface area (Å²) in [4.78, 5) is 0. The Morgan fingerprint density at radius 3 is 2.29 bits per heavy atom. The molecule has 0 radical (unpaired) electrons. The van der Waals surface area contributed by atoms with Gasteiger partial charge in [0.2, 0.25) is 0 Å². The SMILES string of the molecule is N[C@@H]1CCC[C@@H]1Cl. The van der Waals surface area contributed by atoms with Gasteiger partial charge in [-0.15, -0.1) is 11.6 Å². The fourth-order valence-corrected chi connectivity index (χ4v) is 1.22. The number of halogens is 1. The van der Waals surface area contributed by atoms with Crippen molar-refractivity contribution in [1.82, 2.24) is 0 Å². The van der Waals surface area contributed by atoms with Gasteiger partial charge in [-0.25, -0.2) is 0 Å². The van der Waals surface area contributed by atoms with Crippen LogP contribution in [0.1, 0.15) is 19.3 Å². The second kappa shape index (κ2) is 2.01. The van der Waals surface area contributed by atoms with Crippen molar-refractivity contribution >= 4 is 11.6 Å². The van der Waals surface area contributed by atoms with Gasteiger partial charge in [-0.3, -0.25) is 0 Å². The van der Waals surface area contributed by atoms with Gasteiger partial charge < -0.3 is 5.73 Å². The summed E-state index contributed by atoms with van der Waals surface area (Å²) < 4.78 is 0. The van der Waals surface area contributed by atoms with E-state index in [1.54, 1.807) is 0 Å². The molecule has 2 heteroatoms. The zero-order valence-corrected chi connectivity index (χ0v) is 4.99. The summed E-state index contributed by atoms with van der Waals surface area (Å²) in [5.41, 5.74) is 5.55. The first-order valence-electron chi connectivity index (χ1n) is 2.70. The highest BCUT2D eigenvalue weighted by Gasteiger charge is 2.20. The van der Waals surface area contributed by atoms with Crippen molar-refractivity contribution in [3.05, 3.63) is 0 Å². The molecule has 0 saturated heterocycles. The third-order valence-electron chi connectivity index (χ3n) is 1.48. The lowest BCUT2D eigenvalue weighted by atomic mass is 10.3. The van der Waals surface area contributed by atoms with Crippen molar-refractivity contribution in [2.24, 2.45) is 5.73 Å². The molecule has 0 aromatic heterocycles. The van der Waals surface area contributed by atoms with Crippen molar-refractivity contribution in [3.8, 4) is 0 Å². The van der Waals surface area contributed by atoms with E-state index in [-0.39, 0.29) is 11.4 Å². The molecule has 0 heterocycles. The molecular formula is C5H10ClN. The van der Waals surface area contributed by atoms with Crippen LogP contribution in [0.4, 0.5) is 0 Å². The van der Waals surface area contributed by atoms with Crippen LogP contribution in [0.2, 0.25) is 0 Å². The number of hydrogen-bond donors (Lipinski definition) is 1. The lowest BCUT2D eigenvalue weighted by Crippen LogP contribution is -2.24. The molecule has 0 spiro atoms. The summed E-state index contributed by atoms with van der Waals surface area (Å²) in [5.74, 6) is 0. The van der Waals surface area contributed by atoms with Crippen LogP contribution in [0.3, 0.4) is 0 Å². The molecule has 0 aromatic rings. The van der Waals surface area contributed by atoms with Crippen LogP contribution in [-0.4, -0.2) is 11.4 Å². The van der Waals surface area contributed by atoms with E-state index in [1.807, 2.05) is 0 Å². The maximum atomic E-state index is 5.74. The Hall–Kier alpha value is 0.250. The predicted octanol–water partition coefficient (Wildman–Crippen LogP) is 1.10. The molecule has 0 unspecified atom stereocenters. The molecule has 42 valence electrons. The lowest BCUT2D eigenvalue weighted by Gasteiger charge is -2.03. The minimum absolute atomic E-state index is 0.264. The van der Waals surface area contributed by atoms with Crippen LogP contribution in [-0.2, 0) is 0 Å². The number of rotatable bonds is 0. The van der Waals surface area contributed by atoms with Crippen LogP contribution in [0.15, 0.2) is 0 Å². The fraction of sp³-hybridized carbons (Fsp3) is 1.00. The molecule has 2 atom stereocenters. The molecule has 2 N–H and O–H groups in total. The van der Waals surface area contributed by atoms with E-state index in [2.05, 4.69) is 0 Å². The minimum atomic E-state index is 0.264. The van der Waals surface area contributed by atoms with E-state index < -0.39 is 0 Å². The van der Waals surface area contributed by atoms with E-state index in [1.165, 1.54) is 6.42 Å². The molecule has 1 rings (SSSR count). The van der Waals surface area contributed by atoms with Crippen LogP contribution in [0.25, 0.3) is 0 Å². The summed E-state index contributed by atoms with van der Waals surface area (Å²) in [6, 6.07) is 0.279. The highest BCUT2D eigenvalue weighted by atomic mass is 35.5. The summed E-state index contributed by atoms with van der Waals surface area (Å²) in [5, 5.41) is 0.264. The summed E-state index contributed by atoms with van der Waals surface area (Å²) in [6.07, 6.45) is 3.45. The van der Waals surface area contributed by atoms with Crippen molar-refractivity contribution in [2.75, 3.05) is 0 Å². The molecule has 0 bridgehead atoms. The zero-order chi connectivity index (χ0) is 5.28. The van der Waals surface area contributed by atoms with Crippen LogP contribution in [0, 0.1) is 0 Å². The molecule has 1 fully saturated rings. The highest BCUT2D eigenvalue weighted by Crippen LogP contribution is 2.21. The molecular weight excluding hydrogens is 110 g/mol. The van der Waals surface area contributed by atoms with Crippen molar-refractivity contribution in [1.29, 1.82) is 0 Å². The Morgan fingerprint density at radius 1 is 1.43 bits per heavy atom. The third-order valence-corrected chi connectivity index (χ3v) is 2.02. The molecule has 0 amide bonds. The zero-order valence-electron chi connectivity index (χ0n) is 4.23. The van der Waals surface area contributed by atoms with Gasteiger partial charge in [0, 0.05) is 11.4 Å². The van der Waals surface area contributed by atoms with Gasteiger partial charge in [-0.05, 0) is 12.8 Å². The Morgan fingerprint density at radius 2 is 2.14 bits per heavy atom. The quantitative estimate of drug-likeness (QED) is 0.475. The van der Waals surface area contributed by atoms with Crippen molar-refractivity contribution in [3.63, 3.8) is 0 Å². The number of hydrogen-bond acceptors (Lipinski definition) is 1. The Balaban J connectivity index is 2.33. The molecule has 0 aromatic carbocycles. The first-order valence-corrected chi connectivity index (χ1v) is 3.14. The van der Waals surface area contributed by atoms with Crippen LogP contribution in [0.5, 0.6) is 0 Å². The fourth-order valence-electron chi connectivity index (χ4n) is 0.943. The highest BCUT2D eigenvalue weighted by molar-refractivity contribution is 6.21. The molecule has 1 saturated carbocycles. The summed E-state index contributed by atoms with van der Waals surface area (Å²) in [7, 11) is 0. The molecule has 0 aliphatic heterocycles. The van der Waals surface area contributed by atoms with Gasteiger partial charge in [0.1, 0.15) is 0 Å². The maximum Gasteiger partial charge on any atom is 0.0487 e. The minimum Gasteiger partial charge on any atom is -0.326 e. The maximum absolute atomic E-state index is 5.74. The first kappa shape index (κ1) is 5.39. The van der Waals surface area contributed by atoms with Crippen molar-refractivity contribution in [2.45, 2.75) is 30.7 Å². The van der Waals surface area contributed by atoms with E-state index in [0.717, 1.165) is 12.8 Å². The van der Waals surface area contributed by atoms with Crippen LogP contribution >= 0.6 is 11.6 Å². The van der Waals surface area contributed by atoms with Gasteiger partial charge in [0.25, 0.3) is 0 Å². The van der Waals surface area contributed by atoms with Gasteiger partial charge in [-0.1, -0.05) is 6.42 Å². The lowest BCUT2D eigenvalue weighted by molar-refractivity contribution is 0.710. The Kier molecular flexibility index (Phi) is 1.55. The Labute approximate surface area is 48.8 Å². The normalized spacial score (nSPS) is 42.0. The van der Waals surface area contributed by atoms with Gasteiger partial charge >= 0.3 is 0 Å². The average Bonchev–Trinajstić information content (AvgIpc) is 1.91. The van der Waals surface area contributed by atoms with E-state index in [4.69, 9.17) is 17.3 Å². The number of nitrogens with two attached hydrogens (primary N) is 1. The average molecular weight is 120 g/mol. The van der Waals surface area contributed by atoms with Gasteiger partial charge in [0.15, 0.2) is 0 Å². The van der Waals surface area contributed by atoms with E-state index >= 15 is 0 Å². The smallest absolute Gasteiger partial charge is 0.0487 e.